The highest BCUT2D eigenvalue weighted by molar-refractivity contribution is 7.13. The van der Waals surface area contributed by atoms with Gasteiger partial charge in [0.15, 0.2) is 0 Å². The molecule has 62 valence electrons. The lowest BCUT2D eigenvalue weighted by molar-refractivity contribution is 0.848. The predicted octanol–water partition coefficient (Wildman–Crippen LogP) is 2.21. The molecule has 0 N–H and O–H groups in total. The van der Waals surface area contributed by atoms with Gasteiger partial charge in [-0.05, 0) is 17.5 Å². The Balaban J connectivity index is 2.70. The van der Waals surface area contributed by atoms with Crippen LogP contribution in [0.5, 0.6) is 0 Å². The van der Waals surface area contributed by atoms with E-state index in [4.69, 9.17) is 0 Å². The molecule has 0 aliphatic carbocycles. The Morgan fingerprint density at radius 1 is 1.25 bits per heavy atom. The second kappa shape index (κ2) is 2.79. The van der Waals surface area contributed by atoms with Gasteiger partial charge in [-0.2, -0.15) is 14.6 Å². The number of aromatic nitrogens is 3. The van der Waals surface area contributed by atoms with Crippen molar-refractivity contribution in [3.05, 3.63) is 18.1 Å². The van der Waals surface area contributed by atoms with Gasteiger partial charge in [0.2, 0.25) is 0 Å². The average Bonchev–Trinajstić information content (AvgIpc) is 2.47. The van der Waals surface area contributed by atoms with E-state index in [2.05, 4.69) is 28.4 Å². The molecule has 2 aromatic heterocycles. The van der Waals surface area contributed by atoms with Crippen molar-refractivity contribution in [3.8, 4) is 0 Å². The van der Waals surface area contributed by atoms with Gasteiger partial charge in [0.1, 0.15) is 0 Å². The summed E-state index contributed by atoms with van der Waals surface area (Å²) in [6.07, 6.45) is 3.55. The molecule has 0 bridgehead atoms. The van der Waals surface area contributed by atoms with Gasteiger partial charge in [0.05, 0.1) is 22.8 Å². The van der Waals surface area contributed by atoms with E-state index in [1.54, 1.807) is 12.4 Å². The molecule has 0 aliphatic rings. The number of fused-ring (bicyclic) bond motifs is 1. The fraction of sp³-hybridized carbons (Fsp3) is 0.375. The van der Waals surface area contributed by atoms with Crippen molar-refractivity contribution < 1.29 is 0 Å². The van der Waals surface area contributed by atoms with Gasteiger partial charge in [-0.25, -0.2) is 0 Å². The van der Waals surface area contributed by atoms with Crippen LogP contribution in [0.3, 0.4) is 0 Å². The van der Waals surface area contributed by atoms with Gasteiger partial charge in [-0.15, -0.1) is 0 Å². The molecule has 4 heteroatoms. The monoisotopic (exact) mass is 179 g/mol. The third kappa shape index (κ3) is 1.08. The zero-order valence-electron chi connectivity index (χ0n) is 6.98. The van der Waals surface area contributed by atoms with Gasteiger partial charge in [0.25, 0.3) is 0 Å². The lowest BCUT2D eigenvalue weighted by Gasteiger charge is -1.98. The van der Waals surface area contributed by atoms with E-state index in [0.29, 0.717) is 5.92 Å². The summed E-state index contributed by atoms with van der Waals surface area (Å²) in [4.78, 5) is 0. The van der Waals surface area contributed by atoms with E-state index in [-0.39, 0.29) is 0 Å². The van der Waals surface area contributed by atoms with Crippen molar-refractivity contribution in [2.75, 3.05) is 0 Å². The molecule has 0 radical (unpaired) electrons. The summed E-state index contributed by atoms with van der Waals surface area (Å²) in [6, 6.07) is 0. The molecular formula is C8H9N3S. The SMILES string of the molecule is CC(C)c1nsc2cnncc12. The Morgan fingerprint density at radius 2 is 2.00 bits per heavy atom. The topological polar surface area (TPSA) is 38.7 Å². The van der Waals surface area contributed by atoms with Crippen LogP contribution >= 0.6 is 11.5 Å². The minimum atomic E-state index is 0.461. The molecule has 2 aromatic rings. The van der Waals surface area contributed by atoms with Crippen LogP contribution < -0.4 is 0 Å². The Morgan fingerprint density at radius 3 is 2.75 bits per heavy atom. The van der Waals surface area contributed by atoms with E-state index >= 15 is 0 Å². The van der Waals surface area contributed by atoms with Crippen LogP contribution in [0.2, 0.25) is 0 Å². The molecule has 3 nitrogen and oxygen atoms in total. The van der Waals surface area contributed by atoms with Gasteiger partial charge >= 0.3 is 0 Å². The van der Waals surface area contributed by atoms with Gasteiger partial charge in [0, 0.05) is 5.39 Å². The smallest absolute Gasteiger partial charge is 0.0770 e. The molecule has 0 atom stereocenters. The minimum absolute atomic E-state index is 0.461. The van der Waals surface area contributed by atoms with Crippen LogP contribution in [0.25, 0.3) is 10.1 Å². The summed E-state index contributed by atoms with van der Waals surface area (Å²) < 4.78 is 5.48. The van der Waals surface area contributed by atoms with Gasteiger partial charge in [-0.3, -0.25) is 0 Å². The summed E-state index contributed by atoms with van der Waals surface area (Å²) in [5.74, 6) is 0.461. The molecule has 0 fully saturated rings. The lowest BCUT2D eigenvalue weighted by Crippen LogP contribution is -1.87. The maximum absolute atomic E-state index is 4.36. The van der Waals surface area contributed by atoms with E-state index in [0.717, 1.165) is 15.8 Å². The third-order valence-corrected chi connectivity index (χ3v) is 2.57. The lowest BCUT2D eigenvalue weighted by atomic mass is 10.1. The second-order valence-corrected chi connectivity index (χ2v) is 3.79. The number of rotatable bonds is 1. The first-order valence-electron chi connectivity index (χ1n) is 3.85. The summed E-state index contributed by atoms with van der Waals surface area (Å²) in [7, 11) is 0. The molecule has 0 amide bonds. The van der Waals surface area contributed by atoms with Crippen LogP contribution in [0.15, 0.2) is 12.4 Å². The van der Waals surface area contributed by atoms with E-state index < -0.39 is 0 Å². The maximum Gasteiger partial charge on any atom is 0.0770 e. The molecule has 0 saturated heterocycles. The fourth-order valence-electron chi connectivity index (χ4n) is 1.14. The predicted molar refractivity (Wildman–Crippen MR) is 49.3 cm³/mol. The summed E-state index contributed by atoms with van der Waals surface area (Å²) in [5, 5.41) is 8.79. The van der Waals surface area contributed by atoms with Crippen LogP contribution in [-0.4, -0.2) is 14.6 Å². The van der Waals surface area contributed by atoms with Crippen molar-refractivity contribution in [1.82, 2.24) is 14.6 Å². The van der Waals surface area contributed by atoms with Crippen LogP contribution in [0, 0.1) is 0 Å². The molecule has 2 rings (SSSR count). The fourth-order valence-corrected chi connectivity index (χ4v) is 1.99. The van der Waals surface area contributed by atoms with Gasteiger partial charge < -0.3 is 0 Å². The summed E-state index contributed by atoms with van der Waals surface area (Å²) in [5.41, 5.74) is 1.13. The Hall–Kier alpha value is -1.03. The second-order valence-electron chi connectivity index (χ2n) is 2.99. The first-order valence-corrected chi connectivity index (χ1v) is 4.62. The Kier molecular flexibility index (Phi) is 1.77. The quantitative estimate of drug-likeness (QED) is 0.673. The number of nitrogens with zero attached hydrogens (tertiary/aromatic N) is 3. The number of hydrogen-bond acceptors (Lipinski definition) is 4. The minimum Gasteiger partial charge on any atom is -0.196 e. The normalized spacial score (nSPS) is 11.2. The van der Waals surface area contributed by atoms with Crippen molar-refractivity contribution in [3.63, 3.8) is 0 Å². The summed E-state index contributed by atoms with van der Waals surface area (Å²) in [6.45, 7) is 4.27. The van der Waals surface area contributed by atoms with Crippen molar-refractivity contribution in [1.29, 1.82) is 0 Å². The first-order chi connectivity index (χ1) is 5.79. The first kappa shape index (κ1) is 7.61. The van der Waals surface area contributed by atoms with E-state index in [9.17, 15) is 0 Å². The third-order valence-electron chi connectivity index (χ3n) is 1.76. The zero-order chi connectivity index (χ0) is 8.55. The zero-order valence-corrected chi connectivity index (χ0v) is 7.80. The molecule has 2 heterocycles. The molecule has 0 saturated carbocycles. The highest BCUT2D eigenvalue weighted by atomic mass is 32.1. The Bertz CT molecular complexity index is 394. The van der Waals surface area contributed by atoms with Crippen LogP contribution in [0.1, 0.15) is 25.5 Å². The largest absolute Gasteiger partial charge is 0.196 e. The van der Waals surface area contributed by atoms with Crippen molar-refractivity contribution in [2.24, 2.45) is 0 Å². The molecule has 12 heavy (non-hydrogen) atoms. The molecule has 0 aliphatic heterocycles. The van der Waals surface area contributed by atoms with Crippen LogP contribution in [-0.2, 0) is 0 Å². The molecule has 0 spiro atoms. The highest BCUT2D eigenvalue weighted by Gasteiger charge is 2.08. The average molecular weight is 179 g/mol. The highest BCUT2D eigenvalue weighted by Crippen LogP contribution is 2.25. The summed E-state index contributed by atoms with van der Waals surface area (Å²) >= 11 is 1.49. The van der Waals surface area contributed by atoms with Crippen LogP contribution in [0.4, 0.5) is 0 Å². The molecule has 0 aromatic carbocycles. The standard InChI is InChI=1S/C8H9N3S/c1-5(2)8-6-3-9-10-4-7(6)12-11-8/h3-5H,1-2H3. The van der Waals surface area contributed by atoms with Gasteiger partial charge in [-0.1, -0.05) is 13.8 Å². The van der Waals surface area contributed by atoms with Crippen molar-refractivity contribution >= 4 is 21.6 Å². The maximum atomic E-state index is 4.36. The molecular weight excluding hydrogens is 170 g/mol. The number of hydrogen-bond donors (Lipinski definition) is 0. The van der Waals surface area contributed by atoms with E-state index in [1.807, 2.05) is 0 Å². The molecule has 0 unspecified atom stereocenters. The Labute approximate surface area is 74.6 Å². The van der Waals surface area contributed by atoms with E-state index in [1.165, 1.54) is 11.5 Å². The van der Waals surface area contributed by atoms with Crippen molar-refractivity contribution in [2.45, 2.75) is 19.8 Å².